The van der Waals surface area contributed by atoms with Crippen molar-refractivity contribution in [3.8, 4) is 0 Å². The average molecular weight is 476 g/mol. The molecule has 200 valence electrons. The number of rotatable bonds is 26. The van der Waals surface area contributed by atoms with E-state index >= 15 is 0 Å². The van der Waals surface area contributed by atoms with Gasteiger partial charge in [-0.1, -0.05) is 136 Å². The molecule has 0 aliphatic rings. The van der Waals surface area contributed by atoms with Crippen molar-refractivity contribution >= 4 is 0 Å². The second-order valence-electron chi connectivity index (χ2n) is 10.9. The fourth-order valence-electron chi connectivity index (χ4n) is 5.26. The third-order valence-electron chi connectivity index (χ3n) is 7.60. The van der Waals surface area contributed by atoms with E-state index in [4.69, 9.17) is 0 Å². The largest absolute Gasteiger partial charge is 0.256 e. The van der Waals surface area contributed by atoms with E-state index in [-0.39, 0.29) is 0 Å². The minimum atomic E-state index is 1.22. The number of hydrogen-bond donors (Lipinski definition) is 0. The highest BCUT2D eigenvalue weighted by molar-refractivity contribution is 4.84. The SMILES string of the molecule is CCCCCCCCCCCc1n(CCCCCCC)cc[n+]1CCCCCCCCCCC. The first-order valence-corrected chi connectivity index (χ1v) is 15.9. The van der Waals surface area contributed by atoms with E-state index in [2.05, 4.69) is 42.3 Å². The molecular weight excluding hydrogens is 412 g/mol. The molecule has 0 atom stereocenters. The summed E-state index contributed by atoms with van der Waals surface area (Å²) < 4.78 is 5.21. The highest BCUT2D eigenvalue weighted by atomic mass is 15.1. The molecule has 0 spiro atoms. The van der Waals surface area contributed by atoms with Crippen LogP contribution in [-0.4, -0.2) is 4.57 Å². The Morgan fingerprint density at radius 2 is 0.912 bits per heavy atom. The van der Waals surface area contributed by atoms with E-state index in [0.717, 1.165) is 0 Å². The number of nitrogens with zero attached hydrogens (tertiary/aromatic N) is 2. The lowest BCUT2D eigenvalue weighted by molar-refractivity contribution is -0.704. The number of unbranched alkanes of at least 4 members (excludes halogenated alkanes) is 20. The number of hydrogen-bond acceptors (Lipinski definition) is 0. The topological polar surface area (TPSA) is 8.81 Å². The van der Waals surface area contributed by atoms with Crippen molar-refractivity contribution < 1.29 is 4.57 Å². The smallest absolute Gasteiger partial charge is 0.234 e. The van der Waals surface area contributed by atoms with Gasteiger partial charge < -0.3 is 0 Å². The summed E-state index contributed by atoms with van der Waals surface area (Å²) in [4.78, 5) is 0. The Morgan fingerprint density at radius 3 is 1.41 bits per heavy atom. The van der Waals surface area contributed by atoms with Crippen LogP contribution in [0.15, 0.2) is 12.4 Å². The molecule has 1 rings (SSSR count). The molecule has 0 fully saturated rings. The Kier molecular flexibility index (Phi) is 22.0. The average Bonchev–Trinajstić information content (AvgIpc) is 3.23. The zero-order chi connectivity index (χ0) is 24.5. The molecular formula is C32H63N2+. The quantitative estimate of drug-likeness (QED) is 0.0930. The predicted octanol–water partition coefficient (Wildman–Crippen LogP) is 10.4. The lowest BCUT2D eigenvalue weighted by Crippen LogP contribution is -2.37. The zero-order valence-electron chi connectivity index (χ0n) is 23.9. The Balaban J connectivity index is 2.34. The van der Waals surface area contributed by atoms with Crippen molar-refractivity contribution in [3.63, 3.8) is 0 Å². The molecule has 0 saturated heterocycles. The van der Waals surface area contributed by atoms with E-state index < -0.39 is 0 Å². The van der Waals surface area contributed by atoms with Gasteiger partial charge in [-0.15, -0.1) is 0 Å². The maximum atomic E-state index is 2.61. The van der Waals surface area contributed by atoms with Crippen LogP contribution in [0.4, 0.5) is 0 Å². The number of aromatic nitrogens is 2. The van der Waals surface area contributed by atoms with Crippen LogP contribution in [0.3, 0.4) is 0 Å². The van der Waals surface area contributed by atoms with Gasteiger partial charge >= 0.3 is 0 Å². The van der Waals surface area contributed by atoms with Crippen molar-refractivity contribution in [2.75, 3.05) is 0 Å². The molecule has 2 heteroatoms. The summed E-state index contributed by atoms with van der Waals surface area (Å²) in [5.41, 5.74) is 0. The Labute approximate surface area is 215 Å². The van der Waals surface area contributed by atoms with Crippen LogP contribution in [0.25, 0.3) is 0 Å². The number of aryl methyl sites for hydroxylation is 2. The summed E-state index contributed by atoms with van der Waals surface area (Å²) in [6, 6.07) is 0. The summed E-state index contributed by atoms with van der Waals surface area (Å²) in [5, 5.41) is 0. The predicted molar refractivity (Wildman–Crippen MR) is 152 cm³/mol. The first-order chi connectivity index (χ1) is 16.8. The highest BCUT2D eigenvalue weighted by Gasteiger charge is 2.16. The van der Waals surface area contributed by atoms with Gasteiger partial charge in [0.15, 0.2) is 0 Å². The van der Waals surface area contributed by atoms with Crippen LogP contribution in [-0.2, 0) is 19.5 Å². The summed E-state index contributed by atoms with van der Waals surface area (Å²) in [5.74, 6) is 1.61. The van der Waals surface area contributed by atoms with Gasteiger partial charge in [-0.3, -0.25) is 0 Å². The second kappa shape index (κ2) is 23.9. The zero-order valence-corrected chi connectivity index (χ0v) is 23.9. The Bertz CT molecular complexity index is 533. The van der Waals surface area contributed by atoms with Gasteiger partial charge in [0, 0.05) is 6.42 Å². The molecule has 0 aliphatic carbocycles. The third-order valence-corrected chi connectivity index (χ3v) is 7.60. The normalized spacial score (nSPS) is 11.5. The molecule has 2 nitrogen and oxygen atoms in total. The van der Waals surface area contributed by atoms with Crippen molar-refractivity contribution in [1.29, 1.82) is 0 Å². The van der Waals surface area contributed by atoms with E-state index in [1.54, 1.807) is 5.82 Å². The maximum absolute atomic E-state index is 2.61. The Hall–Kier alpha value is -0.790. The summed E-state index contributed by atoms with van der Waals surface area (Å²) >= 11 is 0. The van der Waals surface area contributed by atoms with Crippen LogP contribution < -0.4 is 4.57 Å². The Morgan fingerprint density at radius 1 is 0.500 bits per heavy atom. The van der Waals surface area contributed by atoms with E-state index in [1.807, 2.05) is 0 Å². The van der Waals surface area contributed by atoms with Gasteiger partial charge in [-0.25, -0.2) is 9.13 Å². The molecule has 34 heavy (non-hydrogen) atoms. The third kappa shape index (κ3) is 16.8. The van der Waals surface area contributed by atoms with Crippen LogP contribution in [0.1, 0.15) is 174 Å². The van der Waals surface area contributed by atoms with Crippen LogP contribution in [0.2, 0.25) is 0 Å². The molecule has 0 N–H and O–H groups in total. The molecule has 1 aromatic rings. The van der Waals surface area contributed by atoms with Gasteiger partial charge in [-0.05, 0) is 32.1 Å². The molecule has 0 radical (unpaired) electrons. The fourth-order valence-corrected chi connectivity index (χ4v) is 5.26. The summed E-state index contributed by atoms with van der Waals surface area (Å²) in [6.45, 7) is 9.38. The standard InChI is InChI=1S/C32H63N2/c1-4-7-10-13-15-17-19-21-24-27-32-33(28-25-22-12-9-6-3)30-31-34(32)29-26-23-20-18-16-14-11-8-5-2/h30-31H,4-29H2,1-3H3/q+1. The van der Waals surface area contributed by atoms with E-state index in [9.17, 15) is 0 Å². The van der Waals surface area contributed by atoms with Gasteiger partial charge in [-0.2, -0.15) is 0 Å². The van der Waals surface area contributed by atoms with Crippen molar-refractivity contribution in [2.24, 2.45) is 0 Å². The first kappa shape index (κ1) is 31.2. The van der Waals surface area contributed by atoms with Crippen molar-refractivity contribution in [1.82, 2.24) is 4.57 Å². The highest BCUT2D eigenvalue weighted by Crippen LogP contribution is 2.13. The monoisotopic (exact) mass is 475 g/mol. The van der Waals surface area contributed by atoms with Gasteiger partial charge in [0.05, 0.1) is 13.1 Å². The fraction of sp³-hybridized carbons (Fsp3) is 0.906. The number of imidazole rings is 1. The van der Waals surface area contributed by atoms with Gasteiger partial charge in [0.25, 0.3) is 5.82 Å². The molecule has 0 aliphatic heterocycles. The van der Waals surface area contributed by atoms with Gasteiger partial charge in [0.1, 0.15) is 12.4 Å². The molecule has 1 heterocycles. The van der Waals surface area contributed by atoms with Crippen molar-refractivity contribution in [3.05, 3.63) is 18.2 Å². The summed E-state index contributed by atoms with van der Waals surface area (Å²) in [7, 11) is 0. The molecule has 0 aromatic carbocycles. The first-order valence-electron chi connectivity index (χ1n) is 15.9. The maximum Gasteiger partial charge on any atom is 0.256 e. The molecule has 0 bridgehead atoms. The van der Waals surface area contributed by atoms with Crippen LogP contribution in [0.5, 0.6) is 0 Å². The van der Waals surface area contributed by atoms with Gasteiger partial charge in [0.2, 0.25) is 0 Å². The molecule has 0 unspecified atom stereocenters. The van der Waals surface area contributed by atoms with Crippen LogP contribution in [0, 0.1) is 0 Å². The van der Waals surface area contributed by atoms with Crippen LogP contribution >= 0.6 is 0 Å². The summed E-state index contributed by atoms with van der Waals surface area (Å²) in [6.07, 6.45) is 38.5. The molecule has 0 amide bonds. The molecule has 1 aromatic heterocycles. The van der Waals surface area contributed by atoms with E-state index in [0.29, 0.717) is 0 Å². The molecule has 0 saturated carbocycles. The minimum Gasteiger partial charge on any atom is -0.234 e. The van der Waals surface area contributed by atoms with E-state index in [1.165, 1.54) is 167 Å². The second-order valence-corrected chi connectivity index (χ2v) is 10.9. The minimum absolute atomic E-state index is 1.22. The van der Waals surface area contributed by atoms with Crippen molar-refractivity contribution in [2.45, 2.75) is 188 Å². The lowest BCUT2D eigenvalue weighted by atomic mass is 10.1. The lowest BCUT2D eigenvalue weighted by Gasteiger charge is -2.07.